The fraction of sp³-hybridized carbons (Fsp3) is 0.667. The summed E-state index contributed by atoms with van der Waals surface area (Å²) in [7, 11) is -0.0534. The van der Waals surface area contributed by atoms with Gasteiger partial charge in [-0.15, -0.1) is 0 Å². The van der Waals surface area contributed by atoms with Crippen LogP contribution in [0.15, 0.2) is 36.4 Å². The first kappa shape index (κ1) is 25.9. The van der Waals surface area contributed by atoms with Gasteiger partial charge in [-0.2, -0.15) is 0 Å². The van der Waals surface area contributed by atoms with Crippen molar-refractivity contribution in [3.8, 4) is 5.75 Å². The van der Waals surface area contributed by atoms with Crippen LogP contribution in [0.25, 0.3) is 0 Å². The van der Waals surface area contributed by atoms with E-state index in [-0.39, 0.29) is 17.1 Å². The molecule has 0 heterocycles. The van der Waals surface area contributed by atoms with Gasteiger partial charge in [-0.3, -0.25) is 0 Å². The molecule has 1 N–H and O–H groups in total. The minimum absolute atomic E-state index is 0.0120. The van der Waals surface area contributed by atoms with Gasteiger partial charge in [0.15, 0.2) is 8.32 Å². The maximum Gasteiger partial charge on any atom is 0.191 e. The van der Waals surface area contributed by atoms with Gasteiger partial charge >= 0.3 is 0 Å². The highest BCUT2D eigenvalue weighted by Gasteiger charge is 2.37. The Labute approximate surface area is 179 Å². The molecule has 4 nitrogen and oxygen atoms in total. The van der Waals surface area contributed by atoms with Crippen molar-refractivity contribution in [2.24, 2.45) is 5.41 Å². The van der Waals surface area contributed by atoms with Crippen LogP contribution in [0, 0.1) is 5.41 Å². The molecule has 0 unspecified atom stereocenters. The smallest absolute Gasteiger partial charge is 0.191 e. The van der Waals surface area contributed by atoms with Crippen LogP contribution in [0.3, 0.4) is 0 Å². The number of ether oxygens (including phenoxy) is 2. The van der Waals surface area contributed by atoms with Crippen LogP contribution >= 0.6 is 0 Å². The number of benzene rings is 1. The standard InChI is InChI=1S/C24H42O4Si/c1-20(18-25)24(5,14-9-16-28-29(7,8)23(2,3)4)15-17-27-19-21-10-12-22(26-6)13-11-21/h10-13,25H,1,9,14-19H2,2-8H3/t24-/m0/s1. The molecule has 0 amide bonds. The van der Waals surface area contributed by atoms with Crippen molar-refractivity contribution in [1.29, 1.82) is 0 Å². The van der Waals surface area contributed by atoms with E-state index in [0.717, 1.165) is 42.8 Å². The largest absolute Gasteiger partial charge is 0.497 e. The Morgan fingerprint density at radius 3 is 2.17 bits per heavy atom. The Bertz CT molecular complexity index is 619. The van der Waals surface area contributed by atoms with E-state index in [1.807, 2.05) is 24.3 Å². The molecule has 1 rings (SSSR count). The van der Waals surface area contributed by atoms with E-state index in [4.69, 9.17) is 13.9 Å². The average molecular weight is 423 g/mol. The van der Waals surface area contributed by atoms with Crippen molar-refractivity contribution >= 4 is 8.32 Å². The van der Waals surface area contributed by atoms with Gasteiger partial charge in [0, 0.05) is 13.2 Å². The summed E-state index contributed by atoms with van der Waals surface area (Å²) in [6.45, 7) is 19.6. The lowest BCUT2D eigenvalue weighted by Gasteiger charge is -2.37. The molecule has 0 radical (unpaired) electrons. The molecule has 0 aliphatic rings. The maximum absolute atomic E-state index is 9.67. The van der Waals surface area contributed by atoms with E-state index in [1.165, 1.54) is 0 Å². The van der Waals surface area contributed by atoms with Crippen LogP contribution in [0.4, 0.5) is 0 Å². The molecule has 5 heteroatoms. The number of aliphatic hydroxyl groups excluding tert-OH is 1. The molecule has 1 atom stereocenters. The zero-order chi connectivity index (χ0) is 22.1. The molecule has 0 bridgehead atoms. The van der Waals surface area contributed by atoms with Crippen molar-refractivity contribution in [2.75, 3.05) is 26.9 Å². The van der Waals surface area contributed by atoms with Crippen LogP contribution in [0.5, 0.6) is 5.75 Å². The first-order valence-corrected chi connectivity index (χ1v) is 13.5. The Kier molecular flexibility index (Phi) is 10.1. The molecule has 0 saturated heterocycles. The van der Waals surface area contributed by atoms with E-state index >= 15 is 0 Å². The van der Waals surface area contributed by atoms with Crippen LogP contribution in [0.1, 0.15) is 52.5 Å². The number of hydrogen-bond acceptors (Lipinski definition) is 4. The van der Waals surface area contributed by atoms with E-state index in [9.17, 15) is 5.11 Å². The van der Waals surface area contributed by atoms with Crippen molar-refractivity contribution < 1.29 is 19.0 Å². The summed E-state index contributed by atoms with van der Waals surface area (Å²) in [5, 5.41) is 9.89. The molecule has 1 aromatic rings. The third-order valence-electron chi connectivity index (χ3n) is 6.41. The molecule has 0 fully saturated rings. The SMILES string of the molecule is C=C(CO)[C@@](C)(CCCO[Si](C)(C)C(C)(C)C)CCOCc1ccc(OC)cc1. The van der Waals surface area contributed by atoms with Gasteiger partial charge < -0.3 is 19.0 Å². The maximum atomic E-state index is 9.67. The van der Waals surface area contributed by atoms with Crippen molar-refractivity contribution in [3.05, 3.63) is 42.0 Å². The monoisotopic (exact) mass is 422 g/mol. The summed E-state index contributed by atoms with van der Waals surface area (Å²) in [4.78, 5) is 0. The summed E-state index contributed by atoms with van der Waals surface area (Å²) in [5.41, 5.74) is 1.85. The molecule has 0 aliphatic carbocycles. The van der Waals surface area contributed by atoms with Crippen molar-refractivity contribution in [1.82, 2.24) is 0 Å². The Balaban J connectivity index is 2.49. The highest BCUT2D eigenvalue weighted by molar-refractivity contribution is 6.74. The molecule has 166 valence electrons. The van der Waals surface area contributed by atoms with E-state index in [2.05, 4.69) is 47.4 Å². The van der Waals surface area contributed by atoms with Crippen LogP contribution in [-0.4, -0.2) is 40.4 Å². The molecule has 0 saturated carbocycles. The number of methoxy groups -OCH3 is 1. The zero-order valence-electron chi connectivity index (χ0n) is 19.6. The fourth-order valence-corrected chi connectivity index (χ4v) is 3.97. The molecule has 1 aromatic carbocycles. The topological polar surface area (TPSA) is 47.9 Å². The molecule has 29 heavy (non-hydrogen) atoms. The lowest BCUT2D eigenvalue weighted by molar-refractivity contribution is 0.0886. The minimum Gasteiger partial charge on any atom is -0.497 e. The van der Waals surface area contributed by atoms with Gasteiger partial charge in [0.2, 0.25) is 0 Å². The van der Waals surface area contributed by atoms with Gasteiger partial charge in [-0.05, 0) is 66.1 Å². The van der Waals surface area contributed by atoms with E-state index < -0.39 is 8.32 Å². The summed E-state index contributed by atoms with van der Waals surface area (Å²) in [5.74, 6) is 0.848. The van der Waals surface area contributed by atoms with Gasteiger partial charge in [0.05, 0.1) is 20.3 Å². The number of rotatable bonds is 13. The number of aliphatic hydroxyl groups is 1. The predicted octanol–water partition coefficient (Wildman–Crippen LogP) is 5.96. The molecule has 0 spiro atoms. The quantitative estimate of drug-likeness (QED) is 0.242. The second kappa shape index (κ2) is 11.3. The minimum atomic E-state index is -1.72. The summed E-state index contributed by atoms with van der Waals surface area (Å²) >= 11 is 0. The van der Waals surface area contributed by atoms with Gasteiger partial charge in [-0.25, -0.2) is 0 Å². The highest BCUT2D eigenvalue weighted by Crippen LogP contribution is 2.38. The average Bonchev–Trinajstić information content (AvgIpc) is 2.67. The van der Waals surface area contributed by atoms with Crippen LogP contribution < -0.4 is 4.74 Å². The third kappa shape index (κ3) is 8.25. The third-order valence-corrected chi connectivity index (χ3v) is 11.0. The normalized spacial score (nSPS) is 14.5. The first-order valence-electron chi connectivity index (χ1n) is 10.6. The summed E-state index contributed by atoms with van der Waals surface area (Å²) < 4.78 is 17.4. The molecular weight excluding hydrogens is 380 g/mol. The van der Waals surface area contributed by atoms with Gasteiger partial charge in [-0.1, -0.05) is 46.4 Å². The Morgan fingerprint density at radius 2 is 1.66 bits per heavy atom. The highest BCUT2D eigenvalue weighted by atomic mass is 28.4. The van der Waals surface area contributed by atoms with Crippen LogP contribution in [0.2, 0.25) is 18.1 Å². The fourth-order valence-electron chi connectivity index (χ4n) is 2.88. The zero-order valence-corrected chi connectivity index (χ0v) is 20.6. The van der Waals surface area contributed by atoms with Gasteiger partial charge in [0.25, 0.3) is 0 Å². The molecule has 0 aromatic heterocycles. The molecular formula is C24H42O4Si. The van der Waals surface area contributed by atoms with Crippen LogP contribution in [-0.2, 0) is 15.8 Å². The Morgan fingerprint density at radius 1 is 1.03 bits per heavy atom. The molecule has 0 aliphatic heterocycles. The lowest BCUT2D eigenvalue weighted by atomic mass is 9.76. The summed E-state index contributed by atoms with van der Waals surface area (Å²) in [6.07, 6.45) is 2.73. The van der Waals surface area contributed by atoms with Gasteiger partial charge in [0.1, 0.15) is 5.75 Å². The second-order valence-corrected chi connectivity index (χ2v) is 14.5. The summed E-state index contributed by atoms with van der Waals surface area (Å²) in [6, 6.07) is 7.92. The second-order valence-electron chi connectivity index (χ2n) is 9.69. The Hall–Kier alpha value is -1.14. The number of hydrogen-bond donors (Lipinski definition) is 1. The van der Waals surface area contributed by atoms with Crippen molar-refractivity contribution in [3.63, 3.8) is 0 Å². The lowest BCUT2D eigenvalue weighted by Crippen LogP contribution is -2.41. The van der Waals surface area contributed by atoms with E-state index in [0.29, 0.717) is 13.2 Å². The first-order chi connectivity index (χ1) is 13.4. The van der Waals surface area contributed by atoms with Crippen molar-refractivity contribution in [2.45, 2.75) is 71.7 Å². The van der Waals surface area contributed by atoms with E-state index in [1.54, 1.807) is 7.11 Å². The predicted molar refractivity (Wildman–Crippen MR) is 124 cm³/mol.